The summed E-state index contributed by atoms with van der Waals surface area (Å²) >= 11 is 3.32. The summed E-state index contributed by atoms with van der Waals surface area (Å²) < 4.78 is 0.982. The molecule has 2 aromatic carbocycles. The second kappa shape index (κ2) is 7.58. The number of anilines is 2. The lowest BCUT2D eigenvalue weighted by molar-refractivity contribution is 0.590. The van der Waals surface area contributed by atoms with E-state index < -0.39 is 0 Å². The molecule has 0 unspecified atom stereocenters. The zero-order valence-corrected chi connectivity index (χ0v) is 16.7. The van der Waals surface area contributed by atoms with Crippen molar-refractivity contribution in [3.05, 3.63) is 65.2 Å². The Morgan fingerprint density at radius 1 is 1.04 bits per heavy atom. The molecule has 3 aromatic rings. The van der Waals surface area contributed by atoms with E-state index >= 15 is 0 Å². The van der Waals surface area contributed by atoms with Gasteiger partial charge in [-0.2, -0.15) is 0 Å². The van der Waals surface area contributed by atoms with E-state index in [2.05, 4.69) is 79.6 Å². The number of hydrogen-bond acceptors (Lipinski definition) is 5. The molecule has 0 saturated carbocycles. The van der Waals surface area contributed by atoms with Crippen molar-refractivity contribution in [3.8, 4) is 0 Å². The Kier molecular flexibility index (Phi) is 5.45. The highest BCUT2D eigenvalue weighted by Gasteiger charge is 2.13. The van der Waals surface area contributed by atoms with Gasteiger partial charge in [0.15, 0.2) is 4.34 Å². The average molecular weight is 370 g/mol. The molecule has 25 heavy (non-hydrogen) atoms. The van der Waals surface area contributed by atoms with Crippen LogP contribution in [0.4, 0.5) is 10.8 Å². The minimum atomic E-state index is 0.196. The van der Waals surface area contributed by atoms with E-state index in [1.165, 1.54) is 16.7 Å². The highest BCUT2D eigenvalue weighted by atomic mass is 32.2. The van der Waals surface area contributed by atoms with Crippen LogP contribution in [-0.4, -0.2) is 10.2 Å². The molecule has 0 bridgehead atoms. The summed E-state index contributed by atoms with van der Waals surface area (Å²) in [4.78, 5) is 0. The molecule has 130 valence electrons. The van der Waals surface area contributed by atoms with Crippen LogP contribution in [0.3, 0.4) is 0 Å². The van der Waals surface area contributed by atoms with E-state index in [-0.39, 0.29) is 5.41 Å². The molecule has 1 heterocycles. The summed E-state index contributed by atoms with van der Waals surface area (Å²) in [5.74, 6) is 0.906. The van der Waals surface area contributed by atoms with Crippen LogP contribution >= 0.6 is 23.1 Å². The fourth-order valence-corrected chi connectivity index (χ4v) is 4.14. The molecule has 0 saturated heterocycles. The third-order valence-electron chi connectivity index (χ3n) is 3.86. The fraction of sp³-hybridized carbons (Fsp3) is 0.300. The van der Waals surface area contributed by atoms with Crippen LogP contribution in [0.2, 0.25) is 0 Å². The van der Waals surface area contributed by atoms with Gasteiger partial charge < -0.3 is 5.32 Å². The first kappa shape index (κ1) is 18.0. The normalized spacial score (nSPS) is 11.5. The Hall–Kier alpha value is -1.85. The van der Waals surface area contributed by atoms with E-state index in [1.54, 1.807) is 23.1 Å². The van der Waals surface area contributed by atoms with Crippen molar-refractivity contribution >= 4 is 33.9 Å². The van der Waals surface area contributed by atoms with E-state index in [4.69, 9.17) is 0 Å². The number of benzene rings is 2. The summed E-state index contributed by atoms with van der Waals surface area (Å²) in [5.41, 5.74) is 5.14. The second-order valence-corrected chi connectivity index (χ2v) is 9.30. The molecule has 0 aliphatic rings. The third kappa shape index (κ3) is 5.06. The van der Waals surface area contributed by atoms with Gasteiger partial charge in [-0.1, -0.05) is 80.3 Å². The molecule has 3 rings (SSSR count). The number of rotatable bonds is 5. The number of hydrogen-bond donors (Lipinski definition) is 1. The van der Waals surface area contributed by atoms with Crippen LogP contribution in [-0.2, 0) is 11.2 Å². The number of thioether (sulfide) groups is 1. The number of nitrogens with one attached hydrogen (secondary N) is 1. The molecule has 1 N–H and O–H groups in total. The lowest BCUT2D eigenvalue weighted by Crippen LogP contribution is -2.10. The molecule has 0 spiro atoms. The topological polar surface area (TPSA) is 37.8 Å². The van der Waals surface area contributed by atoms with Crippen molar-refractivity contribution in [1.82, 2.24) is 10.2 Å². The number of nitrogens with zero attached hydrogens (tertiary/aromatic N) is 2. The van der Waals surface area contributed by atoms with Crippen molar-refractivity contribution in [3.63, 3.8) is 0 Å². The van der Waals surface area contributed by atoms with Crippen molar-refractivity contribution in [1.29, 1.82) is 0 Å². The van der Waals surface area contributed by atoms with E-state index in [1.807, 2.05) is 12.1 Å². The first-order valence-electron chi connectivity index (χ1n) is 8.29. The standard InChI is InChI=1S/C20H23N3S2/c1-14-6-5-7-17(12-14)21-18-22-23-19(25-18)24-13-15-8-10-16(11-9-15)20(2,3)4/h5-12H,13H2,1-4H3,(H,21,22). The summed E-state index contributed by atoms with van der Waals surface area (Å²) in [5, 5.41) is 12.7. The van der Waals surface area contributed by atoms with Gasteiger partial charge in [-0.15, -0.1) is 10.2 Å². The van der Waals surface area contributed by atoms with Crippen LogP contribution < -0.4 is 5.32 Å². The molecule has 1 aromatic heterocycles. The van der Waals surface area contributed by atoms with Gasteiger partial charge in [-0.05, 0) is 41.2 Å². The lowest BCUT2D eigenvalue weighted by atomic mass is 9.87. The predicted octanol–water partition coefficient (Wildman–Crippen LogP) is 6.18. The Morgan fingerprint density at radius 2 is 1.80 bits per heavy atom. The molecule has 0 radical (unpaired) electrons. The Labute approximate surface area is 157 Å². The smallest absolute Gasteiger partial charge is 0.210 e. The fourth-order valence-electron chi connectivity index (χ4n) is 2.41. The largest absolute Gasteiger partial charge is 0.330 e. The maximum absolute atomic E-state index is 4.28. The van der Waals surface area contributed by atoms with Gasteiger partial charge in [0.1, 0.15) is 0 Å². The first-order valence-corrected chi connectivity index (χ1v) is 10.1. The number of aryl methyl sites for hydroxylation is 1. The molecule has 3 nitrogen and oxygen atoms in total. The Bertz CT molecular complexity index is 833. The lowest BCUT2D eigenvalue weighted by Gasteiger charge is -2.19. The van der Waals surface area contributed by atoms with Gasteiger partial charge in [-0.3, -0.25) is 0 Å². The highest BCUT2D eigenvalue weighted by Crippen LogP contribution is 2.30. The van der Waals surface area contributed by atoms with E-state index in [0.29, 0.717) is 0 Å². The predicted molar refractivity (Wildman–Crippen MR) is 109 cm³/mol. The maximum Gasteiger partial charge on any atom is 0.210 e. The maximum atomic E-state index is 4.28. The summed E-state index contributed by atoms with van der Waals surface area (Å²) in [7, 11) is 0. The summed E-state index contributed by atoms with van der Waals surface area (Å²) in [6, 6.07) is 17.1. The van der Waals surface area contributed by atoms with Crippen molar-refractivity contribution in [2.45, 2.75) is 43.2 Å². The minimum Gasteiger partial charge on any atom is -0.330 e. The Morgan fingerprint density at radius 3 is 2.48 bits per heavy atom. The zero-order chi connectivity index (χ0) is 17.9. The quantitative estimate of drug-likeness (QED) is 0.545. The van der Waals surface area contributed by atoms with Crippen LogP contribution in [0.5, 0.6) is 0 Å². The Balaban J connectivity index is 1.58. The van der Waals surface area contributed by atoms with Gasteiger partial charge in [0, 0.05) is 11.4 Å². The molecule has 0 fully saturated rings. The van der Waals surface area contributed by atoms with Crippen molar-refractivity contribution in [2.75, 3.05) is 5.32 Å². The minimum absolute atomic E-state index is 0.196. The molecule has 0 aliphatic heterocycles. The zero-order valence-electron chi connectivity index (χ0n) is 15.0. The van der Waals surface area contributed by atoms with Gasteiger partial charge >= 0.3 is 0 Å². The molecule has 0 amide bonds. The first-order chi connectivity index (χ1) is 11.9. The highest BCUT2D eigenvalue weighted by molar-refractivity contribution is 8.00. The van der Waals surface area contributed by atoms with Crippen LogP contribution in [0.15, 0.2) is 52.9 Å². The van der Waals surface area contributed by atoms with Crippen LogP contribution in [0.1, 0.15) is 37.5 Å². The van der Waals surface area contributed by atoms with E-state index in [9.17, 15) is 0 Å². The molecular formula is C20H23N3S2. The molecule has 0 aliphatic carbocycles. The number of aromatic nitrogens is 2. The summed E-state index contributed by atoms with van der Waals surface area (Å²) in [6.07, 6.45) is 0. The van der Waals surface area contributed by atoms with Crippen LogP contribution in [0, 0.1) is 6.92 Å². The SMILES string of the molecule is Cc1cccc(Nc2nnc(SCc3ccc(C(C)(C)C)cc3)s2)c1. The molecule has 5 heteroatoms. The summed E-state index contributed by atoms with van der Waals surface area (Å²) in [6.45, 7) is 8.79. The average Bonchev–Trinajstić information content (AvgIpc) is 3.00. The second-order valence-electron chi connectivity index (χ2n) is 7.10. The molecular weight excluding hydrogens is 346 g/mol. The van der Waals surface area contributed by atoms with Gasteiger partial charge in [0.2, 0.25) is 5.13 Å². The van der Waals surface area contributed by atoms with Crippen molar-refractivity contribution < 1.29 is 0 Å². The van der Waals surface area contributed by atoms with Gasteiger partial charge in [0.25, 0.3) is 0 Å². The van der Waals surface area contributed by atoms with Crippen molar-refractivity contribution in [2.24, 2.45) is 0 Å². The third-order valence-corrected chi connectivity index (χ3v) is 5.90. The molecule has 0 atom stereocenters. The van der Waals surface area contributed by atoms with Crippen LogP contribution in [0.25, 0.3) is 0 Å². The van der Waals surface area contributed by atoms with E-state index in [0.717, 1.165) is 20.9 Å². The van der Waals surface area contributed by atoms with Gasteiger partial charge in [0.05, 0.1) is 0 Å². The van der Waals surface area contributed by atoms with Gasteiger partial charge in [-0.25, -0.2) is 0 Å². The monoisotopic (exact) mass is 369 g/mol.